The second-order valence-corrected chi connectivity index (χ2v) is 6.58. The van der Waals surface area contributed by atoms with Crippen LogP contribution in [0.25, 0.3) is 0 Å². The highest BCUT2D eigenvalue weighted by Crippen LogP contribution is 2.41. The minimum absolute atomic E-state index is 0.0232. The van der Waals surface area contributed by atoms with E-state index < -0.39 is 0 Å². The monoisotopic (exact) mass is 252 g/mol. The summed E-state index contributed by atoms with van der Waals surface area (Å²) in [5.41, 5.74) is 0. The number of ether oxygens (including phenoxy) is 1. The second kappa shape index (κ2) is 6.58. The third-order valence-electron chi connectivity index (χ3n) is 5.30. The molecule has 0 amide bonds. The van der Waals surface area contributed by atoms with Crippen LogP contribution in [0.4, 0.5) is 0 Å². The Morgan fingerprint density at radius 2 is 1.44 bits per heavy atom. The molecular weight excluding hydrogens is 224 g/mol. The van der Waals surface area contributed by atoms with E-state index in [2.05, 4.69) is 6.92 Å². The fraction of sp³-hybridized carbons (Fsp3) is 0.938. The Morgan fingerprint density at radius 3 is 1.94 bits per heavy atom. The van der Waals surface area contributed by atoms with Crippen LogP contribution >= 0.6 is 0 Å². The molecule has 0 unspecified atom stereocenters. The number of hydrogen-bond donors (Lipinski definition) is 0. The SMILES string of the molecule is COC(=O)CC1CCC(C2CCC(C)CC2)CC1. The van der Waals surface area contributed by atoms with E-state index in [0.29, 0.717) is 12.3 Å². The summed E-state index contributed by atoms with van der Waals surface area (Å²) < 4.78 is 4.77. The average Bonchev–Trinajstić information content (AvgIpc) is 2.40. The summed E-state index contributed by atoms with van der Waals surface area (Å²) in [7, 11) is 1.50. The van der Waals surface area contributed by atoms with Crippen molar-refractivity contribution in [2.24, 2.45) is 23.7 Å². The third kappa shape index (κ3) is 3.73. The minimum atomic E-state index is -0.0232. The number of carbonyl (C=O) groups excluding carboxylic acids is 1. The van der Waals surface area contributed by atoms with Gasteiger partial charge in [-0.05, 0) is 62.2 Å². The molecule has 0 radical (unpaired) electrons. The van der Waals surface area contributed by atoms with Gasteiger partial charge in [-0.25, -0.2) is 0 Å². The maximum atomic E-state index is 11.3. The van der Waals surface area contributed by atoms with E-state index >= 15 is 0 Å². The van der Waals surface area contributed by atoms with Gasteiger partial charge < -0.3 is 4.74 Å². The summed E-state index contributed by atoms with van der Waals surface area (Å²) in [6.07, 6.45) is 11.6. The number of hydrogen-bond acceptors (Lipinski definition) is 2. The van der Waals surface area contributed by atoms with Crippen molar-refractivity contribution in [2.45, 2.75) is 64.7 Å². The molecule has 0 spiro atoms. The Hall–Kier alpha value is -0.530. The van der Waals surface area contributed by atoms with E-state index in [1.54, 1.807) is 0 Å². The van der Waals surface area contributed by atoms with Crippen molar-refractivity contribution in [3.05, 3.63) is 0 Å². The highest BCUT2D eigenvalue weighted by Gasteiger charge is 2.30. The van der Waals surface area contributed by atoms with Gasteiger partial charge in [-0.3, -0.25) is 4.79 Å². The predicted molar refractivity (Wildman–Crippen MR) is 73.2 cm³/mol. The van der Waals surface area contributed by atoms with Crippen molar-refractivity contribution >= 4 is 5.97 Å². The first kappa shape index (κ1) is 13.9. The number of esters is 1. The van der Waals surface area contributed by atoms with Crippen LogP contribution in [0.5, 0.6) is 0 Å². The maximum absolute atomic E-state index is 11.3. The summed E-state index contributed by atoms with van der Waals surface area (Å²) in [5, 5.41) is 0. The van der Waals surface area contributed by atoms with E-state index in [-0.39, 0.29) is 5.97 Å². The van der Waals surface area contributed by atoms with Crippen LogP contribution in [-0.4, -0.2) is 13.1 Å². The summed E-state index contributed by atoms with van der Waals surface area (Å²) in [6, 6.07) is 0. The quantitative estimate of drug-likeness (QED) is 0.704. The zero-order valence-corrected chi connectivity index (χ0v) is 12.0. The van der Waals surface area contributed by atoms with E-state index in [4.69, 9.17) is 4.74 Å². The fourth-order valence-corrected chi connectivity index (χ4v) is 3.94. The van der Waals surface area contributed by atoms with Gasteiger partial charge in [-0.1, -0.05) is 19.8 Å². The molecule has 0 saturated heterocycles. The van der Waals surface area contributed by atoms with Gasteiger partial charge in [0, 0.05) is 6.42 Å². The normalized spacial score (nSPS) is 37.2. The van der Waals surface area contributed by atoms with Crippen LogP contribution < -0.4 is 0 Å². The van der Waals surface area contributed by atoms with Crippen LogP contribution in [0.15, 0.2) is 0 Å². The molecule has 2 saturated carbocycles. The molecular formula is C16H28O2. The molecule has 0 aliphatic heterocycles. The zero-order valence-electron chi connectivity index (χ0n) is 12.0. The molecule has 0 aromatic carbocycles. The summed E-state index contributed by atoms with van der Waals surface area (Å²) in [4.78, 5) is 11.3. The molecule has 18 heavy (non-hydrogen) atoms. The van der Waals surface area contributed by atoms with Crippen molar-refractivity contribution in [2.75, 3.05) is 7.11 Å². The molecule has 0 bridgehead atoms. The molecule has 0 atom stereocenters. The van der Waals surface area contributed by atoms with E-state index in [1.165, 1.54) is 58.5 Å². The Balaban J connectivity index is 1.71. The molecule has 2 fully saturated rings. The molecule has 0 N–H and O–H groups in total. The van der Waals surface area contributed by atoms with Gasteiger partial charge in [0.1, 0.15) is 0 Å². The lowest BCUT2D eigenvalue weighted by Gasteiger charge is -2.37. The van der Waals surface area contributed by atoms with Crippen LogP contribution in [-0.2, 0) is 9.53 Å². The van der Waals surface area contributed by atoms with Crippen molar-refractivity contribution in [3.8, 4) is 0 Å². The molecule has 0 aromatic rings. The van der Waals surface area contributed by atoms with Crippen LogP contribution in [0, 0.1) is 23.7 Å². The first-order chi connectivity index (χ1) is 8.69. The molecule has 2 rings (SSSR count). The molecule has 2 aliphatic carbocycles. The Labute approximate surface area is 111 Å². The molecule has 2 nitrogen and oxygen atoms in total. The zero-order chi connectivity index (χ0) is 13.0. The van der Waals surface area contributed by atoms with E-state index in [1.807, 2.05) is 0 Å². The smallest absolute Gasteiger partial charge is 0.305 e. The highest BCUT2D eigenvalue weighted by molar-refractivity contribution is 5.69. The Kier molecular flexibility index (Phi) is 5.08. The molecule has 104 valence electrons. The summed E-state index contributed by atoms with van der Waals surface area (Å²) >= 11 is 0. The lowest BCUT2D eigenvalue weighted by Crippen LogP contribution is -2.26. The summed E-state index contributed by atoms with van der Waals surface area (Å²) in [5.74, 6) is 3.46. The standard InChI is InChI=1S/C16H28O2/c1-12-3-7-14(8-4-12)15-9-5-13(6-10-15)11-16(17)18-2/h12-15H,3-11H2,1-2H3. The van der Waals surface area contributed by atoms with E-state index in [0.717, 1.165) is 17.8 Å². The molecule has 2 aliphatic rings. The minimum Gasteiger partial charge on any atom is -0.469 e. The van der Waals surface area contributed by atoms with Gasteiger partial charge in [-0.2, -0.15) is 0 Å². The number of carbonyl (C=O) groups is 1. The largest absolute Gasteiger partial charge is 0.469 e. The molecule has 2 heteroatoms. The first-order valence-electron chi connectivity index (χ1n) is 7.75. The van der Waals surface area contributed by atoms with Gasteiger partial charge in [-0.15, -0.1) is 0 Å². The number of methoxy groups -OCH3 is 1. The number of rotatable bonds is 3. The van der Waals surface area contributed by atoms with Gasteiger partial charge in [0.05, 0.1) is 7.11 Å². The second-order valence-electron chi connectivity index (χ2n) is 6.58. The fourth-order valence-electron chi connectivity index (χ4n) is 3.94. The molecule has 0 aromatic heterocycles. The van der Waals surface area contributed by atoms with Gasteiger partial charge in [0.15, 0.2) is 0 Å². The lowest BCUT2D eigenvalue weighted by molar-refractivity contribution is -0.142. The van der Waals surface area contributed by atoms with Gasteiger partial charge >= 0.3 is 5.97 Å². The van der Waals surface area contributed by atoms with Crippen molar-refractivity contribution in [1.82, 2.24) is 0 Å². The van der Waals surface area contributed by atoms with Gasteiger partial charge in [0.2, 0.25) is 0 Å². The Bertz CT molecular complexity index is 258. The Morgan fingerprint density at radius 1 is 0.944 bits per heavy atom. The average molecular weight is 252 g/mol. The van der Waals surface area contributed by atoms with Crippen LogP contribution in [0.1, 0.15) is 64.7 Å². The van der Waals surface area contributed by atoms with Crippen molar-refractivity contribution in [1.29, 1.82) is 0 Å². The topological polar surface area (TPSA) is 26.3 Å². The highest BCUT2D eigenvalue weighted by atomic mass is 16.5. The van der Waals surface area contributed by atoms with Crippen LogP contribution in [0.3, 0.4) is 0 Å². The van der Waals surface area contributed by atoms with Crippen molar-refractivity contribution < 1.29 is 9.53 Å². The van der Waals surface area contributed by atoms with E-state index in [9.17, 15) is 4.79 Å². The lowest BCUT2D eigenvalue weighted by atomic mass is 9.69. The predicted octanol–water partition coefficient (Wildman–Crippen LogP) is 4.18. The van der Waals surface area contributed by atoms with Gasteiger partial charge in [0.25, 0.3) is 0 Å². The first-order valence-corrected chi connectivity index (χ1v) is 7.75. The maximum Gasteiger partial charge on any atom is 0.305 e. The van der Waals surface area contributed by atoms with Crippen LogP contribution in [0.2, 0.25) is 0 Å². The molecule has 0 heterocycles. The third-order valence-corrected chi connectivity index (χ3v) is 5.30. The summed E-state index contributed by atoms with van der Waals surface area (Å²) in [6.45, 7) is 2.39. The van der Waals surface area contributed by atoms with Crippen molar-refractivity contribution in [3.63, 3.8) is 0 Å².